The van der Waals surface area contributed by atoms with Crippen LogP contribution in [-0.4, -0.2) is 6.61 Å². The summed E-state index contributed by atoms with van der Waals surface area (Å²) in [7, 11) is 0. The average Bonchev–Trinajstić information content (AvgIpc) is 2.63. The molecule has 1 nitrogen and oxygen atoms in total. The SMILES string of the molecule is CCCOc1ccc(C(c2ccccc2)c2ccccc2)cc1. The Morgan fingerprint density at radius 3 is 1.61 bits per heavy atom. The maximum atomic E-state index is 5.70. The lowest BCUT2D eigenvalue weighted by Crippen LogP contribution is -2.03. The zero-order valence-corrected chi connectivity index (χ0v) is 13.5. The monoisotopic (exact) mass is 302 g/mol. The third-order valence-electron chi connectivity index (χ3n) is 3.95. The van der Waals surface area contributed by atoms with Crippen LogP contribution < -0.4 is 4.74 Å². The van der Waals surface area contributed by atoms with Gasteiger partial charge in [0.25, 0.3) is 0 Å². The van der Waals surface area contributed by atoms with Gasteiger partial charge in [-0.2, -0.15) is 0 Å². The minimum absolute atomic E-state index is 0.248. The first-order chi connectivity index (χ1) is 11.4. The average molecular weight is 302 g/mol. The summed E-state index contributed by atoms with van der Waals surface area (Å²) in [6.07, 6.45) is 1.03. The van der Waals surface area contributed by atoms with Gasteiger partial charge in [0.2, 0.25) is 0 Å². The Morgan fingerprint density at radius 1 is 0.652 bits per heavy atom. The van der Waals surface area contributed by atoms with Crippen molar-refractivity contribution < 1.29 is 4.74 Å². The lowest BCUT2D eigenvalue weighted by Gasteiger charge is -2.19. The van der Waals surface area contributed by atoms with Crippen LogP contribution in [0.5, 0.6) is 5.75 Å². The van der Waals surface area contributed by atoms with Gasteiger partial charge in [-0.15, -0.1) is 0 Å². The standard InChI is InChI=1S/C22H22O/c1-2-17-23-21-15-13-20(14-16-21)22(18-9-5-3-6-10-18)19-11-7-4-8-12-19/h3-16,22H,2,17H2,1H3. The van der Waals surface area contributed by atoms with Crippen molar-refractivity contribution in [3.63, 3.8) is 0 Å². The van der Waals surface area contributed by atoms with Crippen LogP contribution in [0.15, 0.2) is 84.9 Å². The van der Waals surface area contributed by atoms with Crippen molar-refractivity contribution in [2.75, 3.05) is 6.61 Å². The third-order valence-corrected chi connectivity index (χ3v) is 3.95. The van der Waals surface area contributed by atoms with Gasteiger partial charge < -0.3 is 4.74 Å². The molecule has 0 fully saturated rings. The molecule has 0 saturated carbocycles. The number of ether oxygens (including phenoxy) is 1. The van der Waals surface area contributed by atoms with Crippen molar-refractivity contribution in [1.29, 1.82) is 0 Å². The molecule has 3 rings (SSSR count). The molecular formula is C22H22O. The highest BCUT2D eigenvalue weighted by Gasteiger charge is 2.16. The Morgan fingerprint density at radius 2 is 1.13 bits per heavy atom. The van der Waals surface area contributed by atoms with Crippen molar-refractivity contribution in [2.24, 2.45) is 0 Å². The van der Waals surface area contributed by atoms with Gasteiger partial charge in [-0.1, -0.05) is 79.7 Å². The van der Waals surface area contributed by atoms with E-state index in [0.29, 0.717) is 0 Å². The van der Waals surface area contributed by atoms with Gasteiger partial charge in [0.1, 0.15) is 5.75 Å². The Kier molecular flexibility index (Phi) is 5.10. The number of benzene rings is 3. The van der Waals surface area contributed by atoms with Crippen molar-refractivity contribution >= 4 is 0 Å². The van der Waals surface area contributed by atoms with Crippen LogP contribution in [0.1, 0.15) is 36.0 Å². The van der Waals surface area contributed by atoms with Crippen LogP contribution in [0.4, 0.5) is 0 Å². The van der Waals surface area contributed by atoms with Gasteiger partial charge in [-0.05, 0) is 35.2 Å². The molecule has 0 aliphatic heterocycles. The maximum Gasteiger partial charge on any atom is 0.119 e. The minimum atomic E-state index is 0.248. The molecule has 0 radical (unpaired) electrons. The smallest absolute Gasteiger partial charge is 0.119 e. The quantitative estimate of drug-likeness (QED) is 0.534. The maximum absolute atomic E-state index is 5.70. The first-order valence-corrected chi connectivity index (χ1v) is 8.21. The summed E-state index contributed by atoms with van der Waals surface area (Å²) < 4.78 is 5.70. The third kappa shape index (κ3) is 3.81. The molecule has 0 aromatic heterocycles. The van der Waals surface area contributed by atoms with Crippen LogP contribution in [-0.2, 0) is 0 Å². The zero-order chi connectivity index (χ0) is 15.9. The Bertz CT molecular complexity index is 662. The highest BCUT2D eigenvalue weighted by atomic mass is 16.5. The predicted molar refractivity (Wildman–Crippen MR) is 96.1 cm³/mol. The molecule has 0 amide bonds. The molecule has 0 saturated heterocycles. The molecule has 0 unspecified atom stereocenters. The van der Waals surface area contributed by atoms with Crippen LogP contribution in [0.2, 0.25) is 0 Å². The van der Waals surface area contributed by atoms with E-state index in [4.69, 9.17) is 4.74 Å². The van der Waals surface area contributed by atoms with Crippen LogP contribution in [0.3, 0.4) is 0 Å². The van der Waals surface area contributed by atoms with Gasteiger partial charge >= 0.3 is 0 Å². The summed E-state index contributed by atoms with van der Waals surface area (Å²) in [6, 6.07) is 29.8. The number of hydrogen-bond acceptors (Lipinski definition) is 1. The second-order valence-corrected chi connectivity index (χ2v) is 5.67. The summed E-state index contributed by atoms with van der Waals surface area (Å²) in [6.45, 7) is 2.88. The van der Waals surface area contributed by atoms with Crippen LogP contribution in [0, 0.1) is 0 Å². The molecule has 0 bridgehead atoms. The Hall–Kier alpha value is -2.54. The van der Waals surface area contributed by atoms with Crippen LogP contribution in [0.25, 0.3) is 0 Å². The van der Waals surface area contributed by atoms with E-state index in [1.165, 1.54) is 16.7 Å². The van der Waals surface area contributed by atoms with Gasteiger partial charge in [-0.25, -0.2) is 0 Å². The van der Waals surface area contributed by atoms with E-state index in [9.17, 15) is 0 Å². The van der Waals surface area contributed by atoms with Crippen molar-refractivity contribution in [1.82, 2.24) is 0 Å². The second-order valence-electron chi connectivity index (χ2n) is 5.67. The van der Waals surface area contributed by atoms with Crippen molar-refractivity contribution in [2.45, 2.75) is 19.3 Å². The fourth-order valence-corrected chi connectivity index (χ4v) is 2.84. The van der Waals surface area contributed by atoms with Crippen LogP contribution >= 0.6 is 0 Å². The largest absolute Gasteiger partial charge is 0.494 e. The van der Waals surface area contributed by atoms with Gasteiger partial charge in [-0.3, -0.25) is 0 Å². The van der Waals surface area contributed by atoms with Crippen molar-refractivity contribution in [3.8, 4) is 5.75 Å². The van der Waals surface area contributed by atoms with E-state index in [1.54, 1.807) is 0 Å². The highest BCUT2D eigenvalue weighted by molar-refractivity contribution is 5.44. The molecule has 116 valence electrons. The van der Waals surface area contributed by atoms with Crippen molar-refractivity contribution in [3.05, 3.63) is 102 Å². The topological polar surface area (TPSA) is 9.23 Å². The second kappa shape index (κ2) is 7.64. The molecule has 0 aliphatic carbocycles. The first-order valence-electron chi connectivity index (χ1n) is 8.21. The summed E-state index contributed by atoms with van der Waals surface area (Å²) >= 11 is 0. The molecular weight excluding hydrogens is 280 g/mol. The molecule has 1 heteroatoms. The van der Waals surface area contributed by atoms with Gasteiger partial charge in [0.15, 0.2) is 0 Å². The van der Waals surface area contributed by atoms with E-state index in [0.717, 1.165) is 18.8 Å². The fraction of sp³-hybridized carbons (Fsp3) is 0.182. The molecule has 0 heterocycles. The van der Waals surface area contributed by atoms with Gasteiger partial charge in [0.05, 0.1) is 6.61 Å². The summed E-state index contributed by atoms with van der Waals surface area (Å²) in [5.41, 5.74) is 3.90. The van der Waals surface area contributed by atoms with E-state index < -0.39 is 0 Å². The van der Waals surface area contributed by atoms with E-state index in [2.05, 4.69) is 91.9 Å². The Balaban J connectivity index is 1.96. The van der Waals surface area contributed by atoms with Gasteiger partial charge in [0, 0.05) is 5.92 Å². The first kappa shape index (κ1) is 15.4. The van der Waals surface area contributed by atoms with E-state index in [-0.39, 0.29) is 5.92 Å². The molecule has 3 aromatic rings. The number of hydrogen-bond donors (Lipinski definition) is 0. The molecule has 0 N–H and O–H groups in total. The molecule has 0 aliphatic rings. The zero-order valence-electron chi connectivity index (χ0n) is 13.5. The highest BCUT2D eigenvalue weighted by Crippen LogP contribution is 2.32. The normalized spacial score (nSPS) is 10.7. The summed E-state index contributed by atoms with van der Waals surface area (Å²) in [5, 5.41) is 0. The molecule has 0 spiro atoms. The Labute approximate surface area is 138 Å². The summed E-state index contributed by atoms with van der Waals surface area (Å²) in [4.78, 5) is 0. The lowest BCUT2D eigenvalue weighted by atomic mass is 9.85. The molecule has 23 heavy (non-hydrogen) atoms. The molecule has 0 atom stereocenters. The van der Waals surface area contributed by atoms with E-state index in [1.807, 2.05) is 0 Å². The lowest BCUT2D eigenvalue weighted by molar-refractivity contribution is 0.317. The summed E-state index contributed by atoms with van der Waals surface area (Å²) in [5.74, 6) is 1.19. The number of rotatable bonds is 6. The van der Waals surface area contributed by atoms with E-state index >= 15 is 0 Å². The minimum Gasteiger partial charge on any atom is -0.494 e. The predicted octanol–water partition coefficient (Wildman–Crippen LogP) is 5.66. The fourth-order valence-electron chi connectivity index (χ4n) is 2.84. The molecule has 3 aromatic carbocycles.